The Balaban J connectivity index is 1.28. The minimum atomic E-state index is 1.15. The molecule has 0 N–H and O–H groups in total. The van der Waals surface area contributed by atoms with Crippen LogP contribution in [0, 0.1) is 13.8 Å². The zero-order valence-corrected chi connectivity index (χ0v) is 27.4. The van der Waals surface area contributed by atoms with Crippen molar-refractivity contribution in [2.24, 2.45) is 0 Å². The molecule has 0 saturated carbocycles. The van der Waals surface area contributed by atoms with E-state index in [0.717, 1.165) is 5.69 Å². The van der Waals surface area contributed by atoms with Gasteiger partial charge in [0.05, 0.1) is 11.0 Å². The van der Waals surface area contributed by atoms with E-state index in [0.29, 0.717) is 0 Å². The minimum absolute atomic E-state index is 1.15. The van der Waals surface area contributed by atoms with Crippen molar-refractivity contribution in [3.63, 3.8) is 0 Å². The average Bonchev–Trinajstić information content (AvgIpc) is 3.49. The summed E-state index contributed by atoms with van der Waals surface area (Å²) < 4.78 is 2.45. The van der Waals surface area contributed by atoms with Crippen molar-refractivity contribution in [3.05, 3.63) is 175 Å². The second-order valence-electron chi connectivity index (χ2n) is 12.8. The lowest BCUT2D eigenvalue weighted by Gasteiger charge is -2.14. The molecule has 3 nitrogen and oxygen atoms in total. The van der Waals surface area contributed by atoms with E-state index in [4.69, 9.17) is 0 Å². The molecular weight excluding hydrogens is 595 g/mol. The summed E-state index contributed by atoms with van der Waals surface area (Å²) in [6.07, 6.45) is 7.64. The van der Waals surface area contributed by atoms with E-state index in [1.54, 1.807) is 0 Å². The molecule has 0 fully saturated rings. The molecule has 0 bridgehead atoms. The zero-order chi connectivity index (χ0) is 32.9. The molecule has 0 radical (unpaired) electrons. The summed E-state index contributed by atoms with van der Waals surface area (Å²) in [4.78, 5) is 8.68. The van der Waals surface area contributed by atoms with Crippen molar-refractivity contribution in [2.45, 2.75) is 13.8 Å². The highest BCUT2D eigenvalue weighted by molar-refractivity contribution is 6.19. The molecule has 3 heterocycles. The van der Waals surface area contributed by atoms with E-state index in [9.17, 15) is 0 Å². The molecule has 232 valence electrons. The Bertz CT molecular complexity index is 2680. The quantitative estimate of drug-likeness (QED) is 0.190. The molecule has 0 atom stereocenters. The lowest BCUT2D eigenvalue weighted by Crippen LogP contribution is -1.95. The summed E-state index contributed by atoms with van der Waals surface area (Å²) in [5, 5.41) is 4.93. The van der Waals surface area contributed by atoms with Gasteiger partial charge in [-0.3, -0.25) is 9.97 Å². The van der Waals surface area contributed by atoms with Crippen LogP contribution in [0.2, 0.25) is 0 Å². The van der Waals surface area contributed by atoms with Crippen LogP contribution < -0.4 is 0 Å². The molecule has 0 saturated heterocycles. The van der Waals surface area contributed by atoms with Gasteiger partial charge in [0.2, 0.25) is 0 Å². The van der Waals surface area contributed by atoms with Gasteiger partial charge in [-0.15, -0.1) is 0 Å². The molecule has 0 aliphatic carbocycles. The zero-order valence-electron chi connectivity index (χ0n) is 27.4. The fourth-order valence-corrected chi connectivity index (χ4v) is 7.51. The number of benzene rings is 6. The van der Waals surface area contributed by atoms with Crippen molar-refractivity contribution < 1.29 is 0 Å². The average molecular weight is 628 g/mol. The highest BCUT2D eigenvalue weighted by Crippen LogP contribution is 2.42. The Morgan fingerprint density at radius 3 is 1.57 bits per heavy atom. The van der Waals surface area contributed by atoms with Crippen molar-refractivity contribution >= 4 is 32.6 Å². The topological polar surface area (TPSA) is 30.7 Å². The highest BCUT2D eigenvalue weighted by Gasteiger charge is 2.18. The van der Waals surface area contributed by atoms with Crippen molar-refractivity contribution in [3.8, 4) is 50.2 Å². The summed E-state index contributed by atoms with van der Waals surface area (Å²) in [6, 6.07) is 50.8. The maximum Gasteiger partial charge on any atom is 0.0619 e. The van der Waals surface area contributed by atoms with Crippen LogP contribution in [-0.4, -0.2) is 14.5 Å². The lowest BCUT2D eigenvalue weighted by molar-refractivity contribution is 1.19. The second-order valence-corrected chi connectivity index (χ2v) is 12.8. The summed E-state index contributed by atoms with van der Waals surface area (Å²) in [7, 11) is 0. The Kier molecular flexibility index (Phi) is 6.91. The standard InChI is InChI=1S/C46H33N3/c1-30-28-47-24-22-36(30)41-14-8-6-12-38(41)32-16-19-40-33(26-32)18-21-44-43-20-17-34(27-45(43)49(46(40)44)35-10-4-3-5-11-35)39-13-7-9-15-42(39)37-23-25-48-29-31(37)2/h3-29H,1-2H3. The molecule has 49 heavy (non-hydrogen) atoms. The molecular formula is C46H33N3. The van der Waals surface area contributed by atoms with Gasteiger partial charge in [-0.25, -0.2) is 0 Å². The normalized spacial score (nSPS) is 11.5. The van der Waals surface area contributed by atoms with E-state index in [1.807, 2.05) is 24.8 Å². The molecule has 0 amide bonds. The van der Waals surface area contributed by atoms with Gasteiger partial charge < -0.3 is 4.57 Å². The van der Waals surface area contributed by atoms with E-state index in [1.165, 1.54) is 88.2 Å². The van der Waals surface area contributed by atoms with Gasteiger partial charge in [0, 0.05) is 46.6 Å². The first-order valence-corrected chi connectivity index (χ1v) is 16.7. The molecule has 0 unspecified atom stereocenters. The highest BCUT2D eigenvalue weighted by atomic mass is 15.0. The maximum absolute atomic E-state index is 4.35. The number of nitrogens with zero attached hydrogens (tertiary/aromatic N) is 3. The monoisotopic (exact) mass is 627 g/mol. The summed E-state index contributed by atoms with van der Waals surface area (Å²) >= 11 is 0. The van der Waals surface area contributed by atoms with Gasteiger partial charge >= 0.3 is 0 Å². The Labute approximate surface area is 285 Å². The van der Waals surface area contributed by atoms with Crippen LogP contribution >= 0.6 is 0 Å². The number of para-hydroxylation sites is 1. The molecule has 0 aliphatic heterocycles. The van der Waals surface area contributed by atoms with E-state index in [2.05, 4.69) is 168 Å². The van der Waals surface area contributed by atoms with Crippen LogP contribution in [-0.2, 0) is 0 Å². The molecule has 6 aromatic carbocycles. The molecule has 9 aromatic rings. The Morgan fingerprint density at radius 2 is 0.959 bits per heavy atom. The third-order valence-electron chi connectivity index (χ3n) is 9.86. The van der Waals surface area contributed by atoms with Crippen molar-refractivity contribution in [2.75, 3.05) is 0 Å². The second kappa shape index (κ2) is 11.7. The van der Waals surface area contributed by atoms with Crippen LogP contribution in [0.4, 0.5) is 0 Å². The van der Waals surface area contributed by atoms with Gasteiger partial charge in [0.15, 0.2) is 0 Å². The summed E-state index contributed by atoms with van der Waals surface area (Å²) in [6.45, 7) is 4.26. The van der Waals surface area contributed by atoms with Gasteiger partial charge in [0.1, 0.15) is 0 Å². The summed E-state index contributed by atoms with van der Waals surface area (Å²) in [5.41, 5.74) is 15.6. The first-order chi connectivity index (χ1) is 24.2. The number of aryl methyl sites for hydroxylation is 2. The van der Waals surface area contributed by atoms with Gasteiger partial charge in [-0.05, 0) is 111 Å². The largest absolute Gasteiger partial charge is 0.309 e. The fraction of sp³-hybridized carbons (Fsp3) is 0.0435. The van der Waals surface area contributed by atoms with Crippen LogP contribution in [0.3, 0.4) is 0 Å². The number of pyridine rings is 2. The van der Waals surface area contributed by atoms with E-state index < -0.39 is 0 Å². The third kappa shape index (κ3) is 4.82. The SMILES string of the molecule is Cc1cnccc1-c1ccccc1-c1ccc2c(ccc3c4ccc(-c5ccccc5-c5ccncc5C)cc4n(-c4ccccc4)c23)c1. The molecule has 9 rings (SSSR count). The van der Waals surface area contributed by atoms with E-state index >= 15 is 0 Å². The number of rotatable bonds is 5. The van der Waals surface area contributed by atoms with Crippen molar-refractivity contribution in [1.29, 1.82) is 0 Å². The lowest BCUT2D eigenvalue weighted by atomic mass is 9.91. The van der Waals surface area contributed by atoms with Gasteiger partial charge in [-0.1, -0.05) is 103 Å². The molecule has 3 heteroatoms. The van der Waals surface area contributed by atoms with Gasteiger partial charge in [-0.2, -0.15) is 0 Å². The Hall–Kier alpha value is -6.32. The molecule has 3 aromatic heterocycles. The third-order valence-corrected chi connectivity index (χ3v) is 9.86. The van der Waals surface area contributed by atoms with E-state index in [-0.39, 0.29) is 0 Å². The molecule has 0 aliphatic rings. The number of hydrogen-bond acceptors (Lipinski definition) is 2. The number of aromatic nitrogens is 3. The van der Waals surface area contributed by atoms with Crippen molar-refractivity contribution in [1.82, 2.24) is 14.5 Å². The maximum atomic E-state index is 4.35. The predicted octanol–water partition coefficient (Wildman–Crippen LogP) is 12.0. The predicted molar refractivity (Wildman–Crippen MR) is 205 cm³/mol. The number of hydrogen-bond donors (Lipinski definition) is 0. The summed E-state index contributed by atoms with van der Waals surface area (Å²) in [5.74, 6) is 0. The van der Waals surface area contributed by atoms with Crippen LogP contribution in [0.5, 0.6) is 0 Å². The first kappa shape index (κ1) is 28.9. The first-order valence-electron chi connectivity index (χ1n) is 16.7. The smallest absolute Gasteiger partial charge is 0.0619 e. The van der Waals surface area contributed by atoms with Crippen LogP contribution in [0.1, 0.15) is 11.1 Å². The molecule has 0 spiro atoms. The van der Waals surface area contributed by atoms with Crippen LogP contribution in [0.25, 0.3) is 82.8 Å². The number of fused-ring (bicyclic) bond motifs is 5. The van der Waals surface area contributed by atoms with Crippen LogP contribution in [0.15, 0.2) is 164 Å². The fourth-order valence-electron chi connectivity index (χ4n) is 7.51. The Morgan fingerprint density at radius 1 is 0.429 bits per heavy atom. The van der Waals surface area contributed by atoms with Gasteiger partial charge in [0.25, 0.3) is 0 Å². The minimum Gasteiger partial charge on any atom is -0.309 e.